The molecule has 8 heteroatoms. The molecule has 4 aromatic rings. The van der Waals surface area contributed by atoms with Crippen LogP contribution in [-0.4, -0.2) is 24.9 Å². The highest BCUT2D eigenvalue weighted by molar-refractivity contribution is 7.98. The van der Waals surface area contributed by atoms with Crippen LogP contribution in [0.3, 0.4) is 0 Å². The van der Waals surface area contributed by atoms with E-state index in [0.717, 1.165) is 16.5 Å². The fraction of sp³-hybridized carbons (Fsp3) is 0.158. The van der Waals surface area contributed by atoms with Crippen LogP contribution in [0.1, 0.15) is 17.3 Å². The van der Waals surface area contributed by atoms with Gasteiger partial charge in [0.1, 0.15) is 0 Å². The van der Waals surface area contributed by atoms with Gasteiger partial charge in [0.15, 0.2) is 16.8 Å². The summed E-state index contributed by atoms with van der Waals surface area (Å²) in [6.45, 7) is 2.46. The first-order chi connectivity index (χ1) is 13.2. The first kappa shape index (κ1) is 17.8. The van der Waals surface area contributed by atoms with Crippen LogP contribution < -0.4 is 0 Å². The molecule has 0 amide bonds. The van der Waals surface area contributed by atoms with Gasteiger partial charge < -0.3 is 4.52 Å². The Morgan fingerprint density at radius 2 is 1.81 bits per heavy atom. The summed E-state index contributed by atoms with van der Waals surface area (Å²) < 4.78 is 7.28. The number of hydrogen-bond acceptors (Lipinski definition) is 6. The fourth-order valence-electron chi connectivity index (χ4n) is 2.64. The lowest BCUT2D eigenvalue weighted by Crippen LogP contribution is -2.04. The van der Waals surface area contributed by atoms with Crippen LogP contribution in [0.25, 0.3) is 11.4 Å². The highest BCUT2D eigenvalue weighted by Gasteiger charge is 2.16. The maximum atomic E-state index is 6.02. The van der Waals surface area contributed by atoms with Gasteiger partial charge in [-0.2, -0.15) is 4.98 Å². The molecule has 2 aromatic carbocycles. The van der Waals surface area contributed by atoms with Gasteiger partial charge in [-0.3, -0.25) is 4.57 Å². The van der Waals surface area contributed by atoms with Gasteiger partial charge in [0.2, 0.25) is 5.89 Å². The molecule has 0 saturated carbocycles. The lowest BCUT2D eigenvalue weighted by atomic mass is 10.2. The summed E-state index contributed by atoms with van der Waals surface area (Å²) in [5.74, 6) is 2.52. The molecule has 0 aliphatic carbocycles. The third kappa shape index (κ3) is 4.20. The number of halogens is 1. The molecular weight excluding hydrogens is 382 g/mol. The molecule has 27 heavy (non-hydrogen) atoms. The van der Waals surface area contributed by atoms with E-state index in [0.29, 0.717) is 29.0 Å². The summed E-state index contributed by atoms with van der Waals surface area (Å²) >= 11 is 7.54. The first-order valence-corrected chi connectivity index (χ1v) is 9.70. The van der Waals surface area contributed by atoms with Crippen LogP contribution in [-0.2, 0) is 12.3 Å². The third-order valence-corrected chi connectivity index (χ3v) is 5.10. The molecule has 6 nitrogen and oxygen atoms in total. The average Bonchev–Trinajstić information content (AvgIpc) is 3.28. The van der Waals surface area contributed by atoms with Crippen molar-refractivity contribution in [1.82, 2.24) is 24.9 Å². The van der Waals surface area contributed by atoms with Crippen molar-refractivity contribution in [1.29, 1.82) is 0 Å². The molecule has 4 rings (SSSR count). The molecule has 0 bridgehead atoms. The molecule has 0 aliphatic heterocycles. The van der Waals surface area contributed by atoms with Gasteiger partial charge >= 0.3 is 0 Å². The standard InChI is InChI=1S/C19H16ClN5OS/c1-13-21-17(26-24-13)12-27-19-23-22-18(15-7-9-16(20)10-8-15)25(19)11-14-5-3-2-4-6-14/h2-10H,11-12H2,1H3. The van der Waals surface area contributed by atoms with Gasteiger partial charge in [-0.1, -0.05) is 58.9 Å². The Kier molecular flexibility index (Phi) is 5.22. The second kappa shape index (κ2) is 7.94. The number of aromatic nitrogens is 5. The number of rotatable bonds is 6. The van der Waals surface area contributed by atoms with Crippen molar-refractivity contribution in [2.75, 3.05) is 0 Å². The monoisotopic (exact) mass is 397 g/mol. The van der Waals surface area contributed by atoms with Crippen molar-refractivity contribution < 1.29 is 4.52 Å². The van der Waals surface area contributed by atoms with Gasteiger partial charge in [0, 0.05) is 10.6 Å². The van der Waals surface area contributed by atoms with E-state index in [1.807, 2.05) is 42.5 Å². The smallest absolute Gasteiger partial charge is 0.237 e. The summed E-state index contributed by atoms with van der Waals surface area (Å²) in [6, 6.07) is 17.8. The van der Waals surface area contributed by atoms with E-state index in [1.54, 1.807) is 6.92 Å². The van der Waals surface area contributed by atoms with Crippen LogP contribution in [0, 0.1) is 6.92 Å². The topological polar surface area (TPSA) is 69.6 Å². The number of thioether (sulfide) groups is 1. The van der Waals surface area contributed by atoms with Crippen molar-refractivity contribution >= 4 is 23.4 Å². The van der Waals surface area contributed by atoms with Crippen LogP contribution in [0.4, 0.5) is 0 Å². The van der Waals surface area contributed by atoms with Crippen LogP contribution in [0.5, 0.6) is 0 Å². The Labute approximate surface area is 165 Å². The van der Waals surface area contributed by atoms with Crippen LogP contribution in [0.2, 0.25) is 5.02 Å². The van der Waals surface area contributed by atoms with E-state index in [4.69, 9.17) is 16.1 Å². The van der Waals surface area contributed by atoms with E-state index in [9.17, 15) is 0 Å². The number of hydrogen-bond donors (Lipinski definition) is 0. The molecule has 0 spiro atoms. The second-order valence-corrected chi connectivity index (χ2v) is 7.29. The van der Waals surface area contributed by atoms with Gasteiger partial charge in [0.25, 0.3) is 0 Å². The Hall–Kier alpha value is -2.64. The molecule has 0 aliphatic rings. The molecular formula is C19H16ClN5OS. The molecule has 0 unspecified atom stereocenters. The molecule has 2 heterocycles. The van der Waals surface area contributed by atoms with Gasteiger partial charge in [-0.15, -0.1) is 10.2 Å². The third-order valence-electron chi connectivity index (χ3n) is 3.90. The SMILES string of the molecule is Cc1noc(CSc2nnc(-c3ccc(Cl)cc3)n2Cc2ccccc2)n1. The zero-order chi connectivity index (χ0) is 18.6. The zero-order valence-electron chi connectivity index (χ0n) is 14.5. The Balaban J connectivity index is 1.66. The van der Waals surface area contributed by atoms with E-state index >= 15 is 0 Å². The molecule has 0 saturated heterocycles. The number of benzene rings is 2. The second-order valence-electron chi connectivity index (χ2n) is 5.91. The van der Waals surface area contributed by atoms with E-state index < -0.39 is 0 Å². The number of nitrogens with zero attached hydrogens (tertiary/aromatic N) is 5. The fourth-order valence-corrected chi connectivity index (χ4v) is 3.54. The molecule has 0 radical (unpaired) electrons. The predicted octanol–water partition coefficient (Wildman–Crippen LogP) is 4.63. The average molecular weight is 398 g/mol. The summed E-state index contributed by atoms with van der Waals surface area (Å²) in [6.07, 6.45) is 0. The van der Waals surface area contributed by atoms with E-state index in [1.165, 1.54) is 17.3 Å². The molecule has 0 N–H and O–H groups in total. The minimum absolute atomic E-state index is 0.536. The molecule has 136 valence electrons. The molecule has 0 fully saturated rings. The lowest BCUT2D eigenvalue weighted by Gasteiger charge is -2.10. The van der Waals surface area contributed by atoms with Crippen molar-refractivity contribution in [2.24, 2.45) is 0 Å². The maximum absolute atomic E-state index is 6.02. The lowest BCUT2D eigenvalue weighted by molar-refractivity contribution is 0.387. The summed E-state index contributed by atoms with van der Waals surface area (Å²) in [5.41, 5.74) is 2.13. The largest absolute Gasteiger partial charge is 0.338 e. The van der Waals surface area contributed by atoms with Crippen LogP contribution >= 0.6 is 23.4 Å². The number of aryl methyl sites for hydroxylation is 1. The summed E-state index contributed by atoms with van der Waals surface area (Å²) in [4.78, 5) is 4.24. The van der Waals surface area contributed by atoms with Crippen molar-refractivity contribution in [2.45, 2.75) is 24.4 Å². The minimum atomic E-state index is 0.536. The highest BCUT2D eigenvalue weighted by atomic mass is 35.5. The summed E-state index contributed by atoms with van der Waals surface area (Å²) in [7, 11) is 0. The minimum Gasteiger partial charge on any atom is -0.338 e. The van der Waals surface area contributed by atoms with Crippen molar-refractivity contribution in [3.05, 3.63) is 76.9 Å². The zero-order valence-corrected chi connectivity index (χ0v) is 16.1. The predicted molar refractivity (Wildman–Crippen MR) is 105 cm³/mol. The quantitative estimate of drug-likeness (QED) is 0.442. The Morgan fingerprint density at radius 1 is 1.04 bits per heavy atom. The Morgan fingerprint density at radius 3 is 2.52 bits per heavy atom. The van der Waals surface area contributed by atoms with Crippen LogP contribution in [0.15, 0.2) is 64.3 Å². The van der Waals surface area contributed by atoms with Gasteiger partial charge in [-0.25, -0.2) is 0 Å². The van der Waals surface area contributed by atoms with Crippen molar-refractivity contribution in [3.63, 3.8) is 0 Å². The normalized spacial score (nSPS) is 11.0. The summed E-state index contributed by atoms with van der Waals surface area (Å²) in [5, 5.41) is 14.1. The highest BCUT2D eigenvalue weighted by Crippen LogP contribution is 2.27. The Bertz CT molecular complexity index is 1030. The van der Waals surface area contributed by atoms with Gasteiger partial charge in [-0.05, 0) is 36.8 Å². The van der Waals surface area contributed by atoms with E-state index in [2.05, 4.69) is 37.0 Å². The molecule has 0 atom stereocenters. The maximum Gasteiger partial charge on any atom is 0.237 e. The van der Waals surface area contributed by atoms with Gasteiger partial charge in [0.05, 0.1) is 12.3 Å². The first-order valence-electron chi connectivity index (χ1n) is 8.34. The van der Waals surface area contributed by atoms with Crippen molar-refractivity contribution in [3.8, 4) is 11.4 Å². The van der Waals surface area contributed by atoms with E-state index in [-0.39, 0.29) is 0 Å². The molecule has 2 aromatic heterocycles.